The smallest absolute Gasteiger partial charge is 0.138 e. The van der Waals surface area contributed by atoms with Crippen LogP contribution in [0.2, 0.25) is 10.0 Å². The van der Waals surface area contributed by atoms with Gasteiger partial charge in [-0.3, -0.25) is 0 Å². The fourth-order valence-electron chi connectivity index (χ4n) is 1.49. The van der Waals surface area contributed by atoms with Crippen molar-refractivity contribution in [2.45, 2.75) is 26.7 Å². The van der Waals surface area contributed by atoms with Crippen molar-refractivity contribution >= 4 is 23.2 Å². The molecular weight excluding hydrogens is 257 g/mol. The third-order valence-electron chi connectivity index (χ3n) is 2.94. The van der Waals surface area contributed by atoms with Crippen LogP contribution in [0.3, 0.4) is 0 Å². The molecule has 0 unspecified atom stereocenters. The Balaban J connectivity index is 2.82. The summed E-state index contributed by atoms with van der Waals surface area (Å²) >= 11 is 12.3. The molecule has 96 valence electrons. The molecule has 2 N–H and O–H groups in total. The Labute approximate surface area is 113 Å². The zero-order valence-corrected chi connectivity index (χ0v) is 12.0. The van der Waals surface area contributed by atoms with Gasteiger partial charge >= 0.3 is 0 Å². The van der Waals surface area contributed by atoms with Gasteiger partial charge in [0.15, 0.2) is 0 Å². The van der Waals surface area contributed by atoms with E-state index < -0.39 is 0 Å². The normalized spacial score (nSPS) is 11.6. The van der Waals surface area contributed by atoms with Crippen molar-refractivity contribution in [1.82, 2.24) is 0 Å². The van der Waals surface area contributed by atoms with Crippen LogP contribution in [0.15, 0.2) is 12.1 Å². The highest BCUT2D eigenvalue weighted by Crippen LogP contribution is 2.33. The van der Waals surface area contributed by atoms with Crippen molar-refractivity contribution < 1.29 is 4.74 Å². The largest absolute Gasteiger partial charge is 0.495 e. The maximum Gasteiger partial charge on any atom is 0.138 e. The third kappa shape index (κ3) is 4.06. The number of benzene rings is 1. The van der Waals surface area contributed by atoms with Crippen LogP contribution in [0.4, 0.5) is 0 Å². The maximum atomic E-state index is 6.18. The van der Waals surface area contributed by atoms with E-state index in [9.17, 15) is 0 Å². The van der Waals surface area contributed by atoms with E-state index in [1.807, 2.05) is 6.07 Å². The predicted octanol–water partition coefficient (Wildman–Crippen LogP) is 3.92. The molecule has 0 spiro atoms. The van der Waals surface area contributed by atoms with Gasteiger partial charge in [0.25, 0.3) is 0 Å². The minimum absolute atomic E-state index is 0.121. The molecule has 0 aliphatic rings. The average molecular weight is 276 g/mol. The predicted molar refractivity (Wildman–Crippen MR) is 74.2 cm³/mol. The number of aryl methyl sites for hydroxylation is 1. The van der Waals surface area contributed by atoms with Gasteiger partial charge in [-0.05, 0) is 36.4 Å². The van der Waals surface area contributed by atoms with E-state index in [1.165, 1.54) is 0 Å². The van der Waals surface area contributed by atoms with Gasteiger partial charge in [-0.1, -0.05) is 37.0 Å². The summed E-state index contributed by atoms with van der Waals surface area (Å²) in [5.74, 6) is 0.610. The van der Waals surface area contributed by atoms with Crippen molar-refractivity contribution in [3.8, 4) is 5.75 Å². The Kier molecular flexibility index (Phi) is 5.11. The van der Waals surface area contributed by atoms with E-state index >= 15 is 0 Å². The van der Waals surface area contributed by atoms with Gasteiger partial charge in [0.1, 0.15) is 5.75 Å². The van der Waals surface area contributed by atoms with Crippen LogP contribution in [0.25, 0.3) is 0 Å². The highest BCUT2D eigenvalue weighted by atomic mass is 35.5. The van der Waals surface area contributed by atoms with Crippen LogP contribution in [0, 0.1) is 5.41 Å². The Bertz CT molecular complexity index is 391. The Hall–Kier alpha value is -0.440. The second-order valence-electron chi connectivity index (χ2n) is 4.95. The molecule has 1 rings (SSSR count). The number of nitrogens with two attached hydrogens (primary N) is 1. The molecule has 0 saturated carbocycles. The minimum Gasteiger partial charge on any atom is -0.495 e. The van der Waals surface area contributed by atoms with Crippen LogP contribution in [0.5, 0.6) is 5.75 Å². The standard InChI is InChI=1S/C13H19Cl2NO/c1-13(2,8-16)5-4-9-6-11(15)12(17-3)7-10(9)14/h6-7H,4-5,8,16H2,1-3H3. The first-order valence-electron chi connectivity index (χ1n) is 5.61. The molecule has 0 fully saturated rings. The summed E-state index contributed by atoms with van der Waals surface area (Å²) in [6, 6.07) is 3.63. The third-order valence-corrected chi connectivity index (χ3v) is 3.59. The maximum absolute atomic E-state index is 6.18. The Morgan fingerprint density at radius 1 is 1.24 bits per heavy atom. The lowest BCUT2D eigenvalue weighted by atomic mass is 9.86. The highest BCUT2D eigenvalue weighted by Gasteiger charge is 2.17. The topological polar surface area (TPSA) is 35.2 Å². The van der Waals surface area contributed by atoms with Gasteiger partial charge in [0, 0.05) is 11.1 Å². The number of ether oxygens (including phenoxy) is 1. The molecule has 0 saturated heterocycles. The molecule has 0 aromatic heterocycles. The Morgan fingerprint density at radius 3 is 2.41 bits per heavy atom. The Morgan fingerprint density at radius 2 is 1.88 bits per heavy atom. The molecule has 17 heavy (non-hydrogen) atoms. The first-order valence-corrected chi connectivity index (χ1v) is 6.37. The summed E-state index contributed by atoms with van der Waals surface area (Å²) in [6.07, 6.45) is 1.85. The summed E-state index contributed by atoms with van der Waals surface area (Å²) in [7, 11) is 1.58. The summed E-state index contributed by atoms with van der Waals surface area (Å²) in [4.78, 5) is 0. The number of hydrogen-bond acceptors (Lipinski definition) is 2. The minimum atomic E-state index is 0.121. The molecule has 0 atom stereocenters. The molecule has 0 radical (unpaired) electrons. The average Bonchev–Trinajstić information content (AvgIpc) is 2.29. The van der Waals surface area contributed by atoms with Crippen LogP contribution in [-0.2, 0) is 6.42 Å². The second-order valence-corrected chi connectivity index (χ2v) is 5.76. The number of methoxy groups -OCH3 is 1. The van der Waals surface area contributed by atoms with Crippen LogP contribution in [-0.4, -0.2) is 13.7 Å². The van der Waals surface area contributed by atoms with Crippen molar-refractivity contribution in [2.75, 3.05) is 13.7 Å². The second kappa shape index (κ2) is 5.94. The van der Waals surface area contributed by atoms with Gasteiger partial charge < -0.3 is 10.5 Å². The molecule has 2 nitrogen and oxygen atoms in total. The monoisotopic (exact) mass is 275 g/mol. The first kappa shape index (κ1) is 14.6. The van der Waals surface area contributed by atoms with Gasteiger partial charge in [0.05, 0.1) is 12.1 Å². The molecule has 0 aliphatic carbocycles. The van der Waals surface area contributed by atoms with E-state index in [2.05, 4.69) is 13.8 Å². The van der Waals surface area contributed by atoms with Gasteiger partial charge in [0.2, 0.25) is 0 Å². The quantitative estimate of drug-likeness (QED) is 0.884. The van der Waals surface area contributed by atoms with Crippen LogP contribution >= 0.6 is 23.2 Å². The van der Waals surface area contributed by atoms with Crippen LogP contribution in [0.1, 0.15) is 25.8 Å². The van der Waals surface area contributed by atoms with Crippen LogP contribution < -0.4 is 10.5 Å². The van der Waals surface area contributed by atoms with E-state index in [-0.39, 0.29) is 5.41 Å². The lowest BCUT2D eigenvalue weighted by Crippen LogP contribution is -2.24. The lowest BCUT2D eigenvalue weighted by molar-refractivity contribution is 0.348. The van der Waals surface area contributed by atoms with Crippen molar-refractivity contribution in [3.63, 3.8) is 0 Å². The lowest BCUT2D eigenvalue weighted by Gasteiger charge is -2.22. The fraction of sp³-hybridized carbons (Fsp3) is 0.538. The molecule has 1 aromatic rings. The summed E-state index contributed by atoms with van der Waals surface area (Å²) in [5, 5.41) is 1.29. The molecule has 0 heterocycles. The van der Waals surface area contributed by atoms with Crippen molar-refractivity contribution in [3.05, 3.63) is 27.7 Å². The molecular formula is C13H19Cl2NO. The van der Waals surface area contributed by atoms with Gasteiger partial charge in [-0.2, -0.15) is 0 Å². The van der Waals surface area contributed by atoms with E-state index in [1.54, 1.807) is 13.2 Å². The zero-order valence-electron chi connectivity index (χ0n) is 10.5. The molecule has 4 heteroatoms. The van der Waals surface area contributed by atoms with Crippen molar-refractivity contribution in [1.29, 1.82) is 0 Å². The number of rotatable bonds is 5. The summed E-state index contributed by atoms with van der Waals surface area (Å²) in [5.41, 5.74) is 6.87. The molecule has 0 bridgehead atoms. The SMILES string of the molecule is COc1cc(Cl)c(CCC(C)(C)CN)cc1Cl. The summed E-state index contributed by atoms with van der Waals surface area (Å²) in [6.45, 7) is 4.95. The van der Waals surface area contributed by atoms with Crippen molar-refractivity contribution in [2.24, 2.45) is 11.1 Å². The zero-order chi connectivity index (χ0) is 13.1. The van der Waals surface area contributed by atoms with E-state index in [0.29, 0.717) is 22.3 Å². The molecule has 1 aromatic carbocycles. The van der Waals surface area contributed by atoms with Gasteiger partial charge in [-0.15, -0.1) is 0 Å². The highest BCUT2D eigenvalue weighted by molar-refractivity contribution is 6.34. The fourth-order valence-corrected chi connectivity index (χ4v) is 2.00. The summed E-state index contributed by atoms with van der Waals surface area (Å²) < 4.78 is 5.11. The first-order chi connectivity index (χ1) is 7.89. The number of halogens is 2. The van der Waals surface area contributed by atoms with E-state index in [4.69, 9.17) is 33.7 Å². The number of hydrogen-bond donors (Lipinski definition) is 1. The van der Waals surface area contributed by atoms with E-state index in [0.717, 1.165) is 18.4 Å². The molecule has 0 amide bonds. The molecule has 0 aliphatic heterocycles. The van der Waals surface area contributed by atoms with Gasteiger partial charge in [-0.25, -0.2) is 0 Å².